The summed E-state index contributed by atoms with van der Waals surface area (Å²) in [4.78, 5) is 41.7. The number of hydrogen-bond donors (Lipinski definition) is 3. The lowest BCUT2D eigenvalue weighted by molar-refractivity contribution is -0.134. The lowest BCUT2D eigenvalue weighted by Crippen LogP contribution is -2.52. The molecule has 2 aliphatic heterocycles. The third-order valence-electron chi connectivity index (χ3n) is 4.27. The van der Waals surface area contributed by atoms with E-state index in [1.54, 1.807) is 12.1 Å². The first kappa shape index (κ1) is 17.2. The Bertz CT molecular complexity index is 687. The number of amides is 3. The Kier molecular flexibility index (Phi) is 5.13. The van der Waals surface area contributed by atoms with Gasteiger partial charge in [-0.05, 0) is 18.6 Å². The van der Waals surface area contributed by atoms with Gasteiger partial charge in [-0.1, -0.05) is 0 Å². The number of anilines is 1. The van der Waals surface area contributed by atoms with Crippen molar-refractivity contribution in [2.45, 2.75) is 18.9 Å². The van der Waals surface area contributed by atoms with E-state index in [1.807, 2.05) is 0 Å². The van der Waals surface area contributed by atoms with Crippen LogP contribution in [0.2, 0.25) is 0 Å². The fraction of sp³-hybridized carbons (Fsp3) is 0.500. The summed E-state index contributed by atoms with van der Waals surface area (Å²) >= 11 is 0. The topological polar surface area (TPSA) is 113 Å². The van der Waals surface area contributed by atoms with Gasteiger partial charge in [0.15, 0.2) is 0 Å². The standard InChI is InChI=1S/C16H21N5O4/c1-25-16-12(21-8-6-17-7-9-21)4-2-11(19-16)14(23)18-10-3-5-13(22)20-15(10)24/h2,4,10,17H,3,5-9H2,1H3,(H,18,23)(H,20,22,24). The van der Waals surface area contributed by atoms with Crippen molar-refractivity contribution < 1.29 is 19.1 Å². The number of methoxy groups -OCH3 is 1. The largest absolute Gasteiger partial charge is 0.480 e. The van der Waals surface area contributed by atoms with E-state index in [1.165, 1.54) is 7.11 Å². The highest BCUT2D eigenvalue weighted by atomic mass is 16.5. The van der Waals surface area contributed by atoms with Gasteiger partial charge in [0.2, 0.25) is 17.7 Å². The van der Waals surface area contributed by atoms with E-state index >= 15 is 0 Å². The molecule has 0 aromatic carbocycles. The van der Waals surface area contributed by atoms with E-state index in [0.29, 0.717) is 5.88 Å². The molecule has 0 radical (unpaired) electrons. The number of ether oxygens (including phenoxy) is 1. The molecule has 134 valence electrons. The van der Waals surface area contributed by atoms with Crippen LogP contribution in [0.15, 0.2) is 12.1 Å². The van der Waals surface area contributed by atoms with Gasteiger partial charge >= 0.3 is 0 Å². The van der Waals surface area contributed by atoms with Crippen molar-refractivity contribution in [3.05, 3.63) is 17.8 Å². The molecule has 3 N–H and O–H groups in total. The molecule has 3 rings (SSSR count). The molecule has 1 unspecified atom stereocenters. The molecule has 9 nitrogen and oxygen atoms in total. The SMILES string of the molecule is COc1nc(C(=O)NC2CCC(=O)NC2=O)ccc1N1CCNCC1. The number of aromatic nitrogens is 1. The van der Waals surface area contributed by atoms with Crippen LogP contribution in [0, 0.1) is 0 Å². The van der Waals surface area contributed by atoms with Crippen molar-refractivity contribution in [2.24, 2.45) is 0 Å². The first-order valence-electron chi connectivity index (χ1n) is 8.23. The molecule has 1 aromatic rings. The first-order chi connectivity index (χ1) is 12.1. The average molecular weight is 347 g/mol. The normalized spacial score (nSPS) is 20.8. The van der Waals surface area contributed by atoms with Crippen LogP contribution >= 0.6 is 0 Å². The number of rotatable bonds is 4. The zero-order valence-corrected chi connectivity index (χ0v) is 14.0. The average Bonchev–Trinajstić information content (AvgIpc) is 2.64. The number of carbonyl (C=O) groups excluding carboxylic acids is 3. The number of pyridine rings is 1. The van der Waals surface area contributed by atoms with E-state index < -0.39 is 17.9 Å². The van der Waals surface area contributed by atoms with Crippen molar-refractivity contribution in [1.29, 1.82) is 0 Å². The van der Waals surface area contributed by atoms with Gasteiger partial charge in [-0.25, -0.2) is 4.98 Å². The van der Waals surface area contributed by atoms with Crippen LogP contribution in [0.5, 0.6) is 5.88 Å². The van der Waals surface area contributed by atoms with E-state index in [9.17, 15) is 14.4 Å². The van der Waals surface area contributed by atoms with Gasteiger partial charge in [-0.2, -0.15) is 0 Å². The fourth-order valence-electron chi connectivity index (χ4n) is 2.92. The summed E-state index contributed by atoms with van der Waals surface area (Å²) in [5, 5.41) is 8.10. The molecular formula is C16H21N5O4. The van der Waals surface area contributed by atoms with Crippen LogP contribution in [0.25, 0.3) is 0 Å². The number of piperidine rings is 1. The van der Waals surface area contributed by atoms with E-state index in [2.05, 4.69) is 25.8 Å². The van der Waals surface area contributed by atoms with E-state index in [-0.39, 0.29) is 24.4 Å². The van der Waals surface area contributed by atoms with Gasteiger partial charge in [0, 0.05) is 32.6 Å². The molecule has 2 saturated heterocycles. The Morgan fingerprint density at radius 2 is 2.08 bits per heavy atom. The summed E-state index contributed by atoms with van der Waals surface area (Å²) in [5.41, 5.74) is 1.00. The Hall–Kier alpha value is -2.68. The second kappa shape index (κ2) is 7.47. The molecule has 2 fully saturated rings. The molecule has 9 heteroatoms. The Balaban J connectivity index is 1.72. The quantitative estimate of drug-likeness (QED) is 0.601. The molecule has 1 atom stereocenters. The Morgan fingerprint density at radius 1 is 1.32 bits per heavy atom. The minimum absolute atomic E-state index is 0.167. The highest BCUT2D eigenvalue weighted by Crippen LogP contribution is 2.26. The molecule has 2 aliphatic rings. The van der Waals surface area contributed by atoms with Gasteiger partial charge < -0.3 is 20.3 Å². The molecular weight excluding hydrogens is 326 g/mol. The third kappa shape index (κ3) is 3.87. The Labute approximate surface area is 145 Å². The van der Waals surface area contributed by atoms with Crippen LogP contribution in [-0.4, -0.2) is 62.0 Å². The van der Waals surface area contributed by atoms with Crippen LogP contribution in [0.3, 0.4) is 0 Å². The van der Waals surface area contributed by atoms with Crippen LogP contribution in [-0.2, 0) is 9.59 Å². The molecule has 3 heterocycles. The lowest BCUT2D eigenvalue weighted by Gasteiger charge is -2.30. The number of imide groups is 1. The number of hydrogen-bond acceptors (Lipinski definition) is 7. The Morgan fingerprint density at radius 3 is 2.76 bits per heavy atom. The van der Waals surface area contributed by atoms with Crippen LogP contribution in [0.1, 0.15) is 23.3 Å². The predicted molar refractivity (Wildman–Crippen MR) is 89.5 cm³/mol. The molecule has 25 heavy (non-hydrogen) atoms. The third-order valence-corrected chi connectivity index (χ3v) is 4.27. The van der Waals surface area contributed by atoms with Gasteiger partial charge in [-0.3, -0.25) is 19.7 Å². The summed E-state index contributed by atoms with van der Waals surface area (Å²) in [6.45, 7) is 3.42. The van der Waals surface area contributed by atoms with Gasteiger partial charge in [0.05, 0.1) is 12.8 Å². The summed E-state index contributed by atoms with van der Waals surface area (Å²) in [6.07, 6.45) is 0.488. The number of piperazine rings is 1. The maximum absolute atomic E-state index is 12.4. The predicted octanol–water partition coefficient (Wildman–Crippen LogP) is -0.965. The molecule has 0 spiro atoms. The van der Waals surface area contributed by atoms with Gasteiger partial charge in [0.1, 0.15) is 11.7 Å². The van der Waals surface area contributed by atoms with Crippen molar-refractivity contribution >= 4 is 23.4 Å². The number of nitrogens with zero attached hydrogens (tertiary/aromatic N) is 2. The van der Waals surface area contributed by atoms with E-state index in [0.717, 1.165) is 31.9 Å². The second-order valence-electron chi connectivity index (χ2n) is 5.94. The van der Waals surface area contributed by atoms with Crippen molar-refractivity contribution in [1.82, 2.24) is 20.9 Å². The number of nitrogens with one attached hydrogen (secondary N) is 3. The lowest BCUT2D eigenvalue weighted by atomic mass is 10.1. The van der Waals surface area contributed by atoms with Crippen molar-refractivity contribution in [2.75, 3.05) is 38.2 Å². The zero-order chi connectivity index (χ0) is 17.8. The summed E-state index contributed by atoms with van der Waals surface area (Å²) in [5.74, 6) is -0.915. The summed E-state index contributed by atoms with van der Waals surface area (Å²) in [7, 11) is 1.51. The monoisotopic (exact) mass is 347 g/mol. The fourth-order valence-corrected chi connectivity index (χ4v) is 2.92. The highest BCUT2D eigenvalue weighted by Gasteiger charge is 2.28. The van der Waals surface area contributed by atoms with Crippen LogP contribution in [0.4, 0.5) is 5.69 Å². The molecule has 1 aromatic heterocycles. The maximum atomic E-state index is 12.4. The molecule has 0 aliphatic carbocycles. The summed E-state index contributed by atoms with van der Waals surface area (Å²) < 4.78 is 5.34. The molecule has 3 amide bonds. The molecule has 0 bridgehead atoms. The first-order valence-corrected chi connectivity index (χ1v) is 8.23. The van der Waals surface area contributed by atoms with Crippen molar-refractivity contribution in [3.8, 4) is 5.88 Å². The molecule has 0 saturated carbocycles. The summed E-state index contributed by atoms with van der Waals surface area (Å²) in [6, 6.07) is 2.68. The highest BCUT2D eigenvalue weighted by molar-refractivity contribution is 6.03. The smallest absolute Gasteiger partial charge is 0.270 e. The minimum atomic E-state index is -0.731. The van der Waals surface area contributed by atoms with Gasteiger partial charge in [-0.15, -0.1) is 0 Å². The van der Waals surface area contributed by atoms with Gasteiger partial charge in [0.25, 0.3) is 5.91 Å². The second-order valence-corrected chi connectivity index (χ2v) is 5.94. The zero-order valence-electron chi connectivity index (χ0n) is 14.0. The minimum Gasteiger partial charge on any atom is -0.480 e. The van der Waals surface area contributed by atoms with Crippen LogP contribution < -0.4 is 25.6 Å². The number of carbonyl (C=O) groups is 3. The van der Waals surface area contributed by atoms with E-state index in [4.69, 9.17) is 4.74 Å². The maximum Gasteiger partial charge on any atom is 0.270 e. The van der Waals surface area contributed by atoms with Crippen molar-refractivity contribution in [3.63, 3.8) is 0 Å².